The average Bonchev–Trinajstić information content (AvgIpc) is 3.83. The second-order valence-corrected chi connectivity index (χ2v) is 14.0. The van der Waals surface area contributed by atoms with Crippen LogP contribution >= 0.6 is 0 Å². The molecule has 11 heteroatoms. The van der Waals surface area contributed by atoms with E-state index in [9.17, 15) is 14.4 Å². The first-order chi connectivity index (χ1) is 25.5. The minimum atomic E-state index is -0.472. The first-order valence-corrected chi connectivity index (χ1v) is 18.7. The number of rotatable bonds is 14. The molecule has 0 radical (unpaired) electrons. The van der Waals surface area contributed by atoms with Gasteiger partial charge in [0.2, 0.25) is 0 Å². The molecule has 3 aromatic heterocycles. The Labute approximate surface area is 311 Å². The van der Waals surface area contributed by atoms with E-state index in [-0.39, 0.29) is 36.6 Å². The van der Waals surface area contributed by atoms with Crippen LogP contribution in [0.4, 0.5) is 0 Å². The smallest absolute Gasteiger partial charge is 0.310 e. The summed E-state index contributed by atoms with van der Waals surface area (Å²) in [6.07, 6.45) is 6.79. The van der Waals surface area contributed by atoms with E-state index < -0.39 is 5.97 Å². The van der Waals surface area contributed by atoms with Gasteiger partial charge in [0.15, 0.2) is 0 Å². The molecule has 0 aromatic carbocycles. The molecule has 0 saturated heterocycles. The Hall–Kier alpha value is -5.03. The number of unbranched alkanes of at least 4 members (excludes halogenated alkanes) is 3. The summed E-state index contributed by atoms with van der Waals surface area (Å²) >= 11 is 0. The standard InChI is InChI=1S/C42H54N6O5/c1-9-27-23(3)31-20-33-25(5)29(15-16-37(49)52-7)40(47-33)30(19-38(50)53-8)41-39(42(51)44-18-14-12-11-13-17-43)26(6)34(48-41)22-36-28(10-2)24(4)32(46-36)21-35(27)45-31/h9,20-22,25,29,45,48H,1,10-19,43H2,2-8H3,(H,44,51). The predicted octanol–water partition coefficient (Wildman–Crippen LogP) is 7.72. The normalized spacial score (nSPS) is 15.4. The number of carbonyl (C=O) groups is 3. The number of aryl methyl sites for hydroxylation is 2. The molecule has 0 spiro atoms. The second kappa shape index (κ2) is 17.2. The van der Waals surface area contributed by atoms with Crippen molar-refractivity contribution in [2.75, 3.05) is 27.3 Å². The van der Waals surface area contributed by atoms with Gasteiger partial charge in [0.05, 0.1) is 48.8 Å². The molecule has 5 heterocycles. The highest BCUT2D eigenvalue weighted by Gasteiger charge is 2.34. The molecule has 0 aliphatic carbocycles. The molecular weight excluding hydrogens is 668 g/mol. The van der Waals surface area contributed by atoms with Crippen LogP contribution in [0, 0.1) is 13.8 Å². The van der Waals surface area contributed by atoms with Crippen LogP contribution in [0.15, 0.2) is 24.8 Å². The second-order valence-electron chi connectivity index (χ2n) is 14.0. The lowest BCUT2D eigenvalue weighted by atomic mass is 9.85. The number of allylic oxidation sites excluding steroid dienone is 2. The molecule has 53 heavy (non-hydrogen) atoms. The third-order valence-electron chi connectivity index (χ3n) is 10.8. The molecule has 3 aromatic rings. The van der Waals surface area contributed by atoms with Crippen molar-refractivity contribution in [3.05, 3.63) is 75.4 Å². The maximum atomic E-state index is 14.2. The van der Waals surface area contributed by atoms with Gasteiger partial charge in [-0.25, -0.2) is 4.98 Å². The van der Waals surface area contributed by atoms with E-state index in [4.69, 9.17) is 25.2 Å². The molecule has 1 amide bonds. The van der Waals surface area contributed by atoms with Crippen molar-refractivity contribution in [1.29, 1.82) is 0 Å². The Morgan fingerprint density at radius 1 is 0.925 bits per heavy atom. The molecule has 0 saturated carbocycles. The average molecular weight is 723 g/mol. The molecule has 5 rings (SSSR count). The highest BCUT2D eigenvalue weighted by molar-refractivity contribution is 6.06. The molecule has 0 fully saturated rings. The van der Waals surface area contributed by atoms with Gasteiger partial charge in [-0.05, 0) is 93.5 Å². The fourth-order valence-electron chi connectivity index (χ4n) is 7.62. The number of nitrogens with two attached hydrogens (primary N) is 1. The molecule has 11 nitrogen and oxygen atoms in total. The van der Waals surface area contributed by atoms with Gasteiger partial charge in [-0.15, -0.1) is 0 Å². The van der Waals surface area contributed by atoms with Crippen molar-refractivity contribution in [3.8, 4) is 0 Å². The van der Waals surface area contributed by atoms with E-state index in [0.717, 1.165) is 88.1 Å². The van der Waals surface area contributed by atoms with Gasteiger partial charge >= 0.3 is 11.9 Å². The highest BCUT2D eigenvalue weighted by atomic mass is 16.5. The third kappa shape index (κ3) is 8.15. The van der Waals surface area contributed by atoms with Gasteiger partial charge in [0, 0.05) is 58.2 Å². The van der Waals surface area contributed by atoms with E-state index >= 15 is 0 Å². The maximum Gasteiger partial charge on any atom is 0.310 e. The van der Waals surface area contributed by atoms with Crippen molar-refractivity contribution in [3.63, 3.8) is 0 Å². The molecule has 2 aliphatic rings. The summed E-state index contributed by atoms with van der Waals surface area (Å²) in [5, 5.41) is 3.14. The zero-order valence-electron chi connectivity index (χ0n) is 32.3. The van der Waals surface area contributed by atoms with Crippen LogP contribution in [0.3, 0.4) is 0 Å². The summed E-state index contributed by atoms with van der Waals surface area (Å²) in [5.41, 5.74) is 17.6. The number of aromatic nitrogens is 4. The topological polar surface area (TPSA) is 165 Å². The number of nitrogens with zero attached hydrogens (tertiary/aromatic N) is 2. The molecule has 282 valence electrons. The number of fused-ring (bicyclic) bond motifs is 8. The molecule has 2 unspecified atom stereocenters. The van der Waals surface area contributed by atoms with Crippen molar-refractivity contribution < 1.29 is 23.9 Å². The van der Waals surface area contributed by atoms with Crippen LogP contribution in [0.2, 0.25) is 0 Å². The summed E-state index contributed by atoms with van der Waals surface area (Å²) in [5.74, 6) is -1.45. The van der Waals surface area contributed by atoms with Gasteiger partial charge in [-0.3, -0.25) is 19.4 Å². The predicted molar refractivity (Wildman–Crippen MR) is 211 cm³/mol. The third-order valence-corrected chi connectivity index (χ3v) is 10.8. The number of aromatic amines is 2. The first kappa shape index (κ1) is 39.2. The number of amides is 1. The van der Waals surface area contributed by atoms with E-state index in [2.05, 4.69) is 48.7 Å². The lowest BCUT2D eigenvalue weighted by Crippen LogP contribution is -2.25. The molecular formula is C42H54N6O5. The Morgan fingerprint density at radius 2 is 1.62 bits per heavy atom. The van der Waals surface area contributed by atoms with Gasteiger partial charge < -0.3 is 30.5 Å². The minimum absolute atomic E-state index is 0.137. The molecule has 8 bridgehead atoms. The minimum Gasteiger partial charge on any atom is -0.469 e. The van der Waals surface area contributed by atoms with Gasteiger partial charge in [-0.2, -0.15) is 0 Å². The zero-order chi connectivity index (χ0) is 38.4. The van der Waals surface area contributed by atoms with E-state index in [1.807, 2.05) is 32.1 Å². The van der Waals surface area contributed by atoms with E-state index in [1.165, 1.54) is 14.2 Å². The molecule has 5 N–H and O–H groups in total. The molecule has 2 atom stereocenters. The lowest BCUT2D eigenvalue weighted by molar-refractivity contribution is -0.141. The Kier molecular flexibility index (Phi) is 12.7. The monoisotopic (exact) mass is 722 g/mol. The summed E-state index contributed by atoms with van der Waals surface area (Å²) in [4.78, 5) is 57.5. The van der Waals surface area contributed by atoms with Crippen molar-refractivity contribution in [2.45, 2.75) is 97.8 Å². The van der Waals surface area contributed by atoms with Crippen LogP contribution in [0.1, 0.15) is 133 Å². The van der Waals surface area contributed by atoms with E-state index in [1.54, 1.807) is 0 Å². The van der Waals surface area contributed by atoms with E-state index in [0.29, 0.717) is 47.4 Å². The number of ether oxygens (including phenoxy) is 2. The fraction of sp³-hybridized carbons (Fsp3) is 0.452. The quantitative estimate of drug-likeness (QED) is 0.0970. The number of H-pyrrole nitrogens is 2. The number of esters is 2. The Morgan fingerprint density at radius 3 is 2.30 bits per heavy atom. The largest absolute Gasteiger partial charge is 0.469 e. The summed E-state index contributed by atoms with van der Waals surface area (Å²) in [6.45, 7) is 15.5. The number of carbonyl (C=O) groups excluding carboxylic acids is 3. The van der Waals surface area contributed by atoms with Crippen LogP contribution in [0.25, 0.3) is 39.3 Å². The lowest BCUT2D eigenvalue weighted by Gasteiger charge is -2.18. The first-order valence-electron chi connectivity index (χ1n) is 18.7. The number of nitrogens with one attached hydrogen (secondary N) is 3. The van der Waals surface area contributed by atoms with Crippen LogP contribution < -0.4 is 11.1 Å². The number of hydrogen-bond acceptors (Lipinski definition) is 8. The van der Waals surface area contributed by atoms with Crippen LogP contribution in [-0.4, -0.2) is 65.1 Å². The Bertz CT molecular complexity index is 2110. The van der Waals surface area contributed by atoms with Gasteiger partial charge in [0.1, 0.15) is 0 Å². The number of methoxy groups -OCH3 is 2. The zero-order valence-corrected chi connectivity index (χ0v) is 32.3. The van der Waals surface area contributed by atoms with Crippen LogP contribution in [-0.2, 0) is 25.5 Å². The van der Waals surface area contributed by atoms with Crippen LogP contribution in [0.5, 0.6) is 0 Å². The Balaban J connectivity index is 1.91. The van der Waals surface area contributed by atoms with Crippen molar-refractivity contribution in [1.82, 2.24) is 25.3 Å². The molecule has 2 aliphatic heterocycles. The number of hydrogen-bond donors (Lipinski definition) is 4. The summed E-state index contributed by atoms with van der Waals surface area (Å²) in [6, 6.07) is 6.10. The maximum absolute atomic E-state index is 14.2. The highest BCUT2D eigenvalue weighted by Crippen LogP contribution is 2.43. The summed E-state index contributed by atoms with van der Waals surface area (Å²) in [7, 11) is 2.73. The SMILES string of the molecule is C=Cc1c(C)c2cc3nc(c(CC(=O)OC)c4[nH]c(cc5nc(cc1[nH]2)C(C)=C5CC)c(C)c4C(=O)NCCCCCCN)C(CCC(=O)OC)C3C. The van der Waals surface area contributed by atoms with Crippen molar-refractivity contribution in [2.24, 2.45) is 5.73 Å². The van der Waals surface area contributed by atoms with Gasteiger partial charge in [0.25, 0.3) is 5.91 Å². The fourth-order valence-corrected chi connectivity index (χ4v) is 7.62. The van der Waals surface area contributed by atoms with Crippen molar-refractivity contribution >= 4 is 57.1 Å². The van der Waals surface area contributed by atoms with Gasteiger partial charge in [-0.1, -0.05) is 39.3 Å². The summed E-state index contributed by atoms with van der Waals surface area (Å²) < 4.78 is 10.3.